The summed E-state index contributed by atoms with van der Waals surface area (Å²) in [5.41, 5.74) is 4.85. The molecule has 0 N–H and O–H groups in total. The van der Waals surface area contributed by atoms with Crippen molar-refractivity contribution < 1.29 is 4.79 Å². The van der Waals surface area contributed by atoms with E-state index >= 15 is 0 Å². The molecule has 0 spiro atoms. The summed E-state index contributed by atoms with van der Waals surface area (Å²) in [5, 5.41) is 6.67. The summed E-state index contributed by atoms with van der Waals surface area (Å²) >= 11 is 6.31. The van der Waals surface area contributed by atoms with Crippen LogP contribution >= 0.6 is 11.6 Å². The average molecular weight is 413 g/mol. The van der Waals surface area contributed by atoms with Crippen molar-refractivity contribution in [3.63, 3.8) is 0 Å². The van der Waals surface area contributed by atoms with Crippen LogP contribution in [0, 0.1) is 0 Å². The molecule has 2 heterocycles. The second-order valence-electron chi connectivity index (χ2n) is 7.07. The molecule has 0 aliphatic carbocycles. The molecule has 6 heteroatoms. The Morgan fingerprint density at radius 1 is 0.900 bits per heavy atom. The van der Waals surface area contributed by atoms with Crippen LogP contribution < -0.4 is 0 Å². The van der Waals surface area contributed by atoms with Gasteiger partial charge in [-0.05, 0) is 35.4 Å². The predicted molar refractivity (Wildman–Crippen MR) is 117 cm³/mol. The fourth-order valence-electron chi connectivity index (χ4n) is 3.71. The van der Waals surface area contributed by atoms with Crippen LogP contribution in [0.3, 0.4) is 0 Å². The highest BCUT2D eigenvalue weighted by molar-refractivity contribution is 6.33. The number of hydrogen-bond acceptors (Lipinski definition) is 4. The van der Waals surface area contributed by atoms with Crippen LogP contribution in [0.25, 0.3) is 11.0 Å². The molecule has 0 saturated heterocycles. The SMILES string of the molecule is O=C(c1ccccc1Cl)N1N=C(c2ccccc2)C[C@@H]1c1ccc2nccnc2c1. The van der Waals surface area contributed by atoms with Crippen LogP contribution in [0.4, 0.5) is 0 Å². The zero-order chi connectivity index (χ0) is 20.5. The fraction of sp³-hybridized carbons (Fsp3) is 0.0833. The molecule has 1 aliphatic rings. The maximum absolute atomic E-state index is 13.4. The normalized spacial score (nSPS) is 16.0. The van der Waals surface area contributed by atoms with E-state index in [-0.39, 0.29) is 11.9 Å². The highest BCUT2D eigenvalue weighted by atomic mass is 35.5. The van der Waals surface area contributed by atoms with Crippen molar-refractivity contribution in [2.75, 3.05) is 0 Å². The second kappa shape index (κ2) is 7.69. The van der Waals surface area contributed by atoms with E-state index in [0.717, 1.165) is 27.9 Å². The Labute approximate surface area is 178 Å². The minimum absolute atomic E-state index is 0.226. The number of nitrogens with zero attached hydrogens (tertiary/aromatic N) is 4. The van der Waals surface area contributed by atoms with Crippen LogP contribution in [0.1, 0.15) is 33.9 Å². The highest BCUT2D eigenvalue weighted by Crippen LogP contribution is 2.35. The van der Waals surface area contributed by atoms with E-state index in [1.165, 1.54) is 0 Å². The number of carbonyl (C=O) groups is 1. The van der Waals surface area contributed by atoms with E-state index in [0.29, 0.717) is 17.0 Å². The van der Waals surface area contributed by atoms with Gasteiger partial charge >= 0.3 is 0 Å². The molecule has 30 heavy (non-hydrogen) atoms. The Bertz CT molecular complexity index is 1270. The van der Waals surface area contributed by atoms with Gasteiger partial charge in [-0.3, -0.25) is 14.8 Å². The summed E-state index contributed by atoms with van der Waals surface area (Å²) in [5.74, 6) is -0.226. The van der Waals surface area contributed by atoms with Gasteiger partial charge in [-0.1, -0.05) is 60.1 Å². The largest absolute Gasteiger partial charge is 0.276 e. The molecule has 1 atom stereocenters. The first-order chi connectivity index (χ1) is 14.7. The van der Waals surface area contributed by atoms with Gasteiger partial charge in [-0.2, -0.15) is 5.10 Å². The van der Waals surface area contributed by atoms with Crippen molar-refractivity contribution in [1.29, 1.82) is 0 Å². The summed E-state index contributed by atoms with van der Waals surface area (Å²) in [6.45, 7) is 0. The Morgan fingerprint density at radius 2 is 1.63 bits per heavy atom. The first-order valence-electron chi connectivity index (χ1n) is 9.62. The molecular weight excluding hydrogens is 396 g/mol. The van der Waals surface area contributed by atoms with Crippen molar-refractivity contribution in [3.05, 3.63) is 107 Å². The average Bonchev–Trinajstić information content (AvgIpc) is 3.25. The molecule has 146 valence electrons. The van der Waals surface area contributed by atoms with Crippen molar-refractivity contribution >= 4 is 34.3 Å². The fourth-order valence-corrected chi connectivity index (χ4v) is 3.92. The summed E-state index contributed by atoms with van der Waals surface area (Å²) in [4.78, 5) is 22.1. The Morgan fingerprint density at radius 3 is 2.43 bits per heavy atom. The maximum atomic E-state index is 13.4. The van der Waals surface area contributed by atoms with E-state index in [1.54, 1.807) is 41.7 Å². The molecular formula is C24H17ClN4O. The molecule has 1 amide bonds. The molecule has 4 aromatic rings. The molecule has 1 aromatic heterocycles. The first kappa shape index (κ1) is 18.5. The first-order valence-corrected chi connectivity index (χ1v) is 10.00. The van der Waals surface area contributed by atoms with E-state index in [4.69, 9.17) is 16.7 Å². The molecule has 3 aromatic carbocycles. The summed E-state index contributed by atoms with van der Waals surface area (Å²) in [7, 11) is 0. The highest BCUT2D eigenvalue weighted by Gasteiger charge is 2.34. The summed E-state index contributed by atoms with van der Waals surface area (Å²) in [6.07, 6.45) is 3.94. The van der Waals surface area contributed by atoms with Crippen LogP contribution in [-0.4, -0.2) is 26.6 Å². The third-order valence-corrected chi connectivity index (χ3v) is 5.54. The number of hydrogen-bond donors (Lipinski definition) is 0. The third kappa shape index (κ3) is 3.33. The van der Waals surface area contributed by atoms with Crippen molar-refractivity contribution in [3.8, 4) is 0 Å². The Balaban J connectivity index is 1.59. The van der Waals surface area contributed by atoms with Gasteiger partial charge in [0.2, 0.25) is 0 Å². The lowest BCUT2D eigenvalue weighted by Crippen LogP contribution is -2.27. The number of halogens is 1. The van der Waals surface area contributed by atoms with E-state index in [1.807, 2.05) is 48.5 Å². The minimum Gasteiger partial charge on any atom is -0.267 e. The Kier molecular flexibility index (Phi) is 4.73. The lowest BCUT2D eigenvalue weighted by atomic mass is 9.97. The summed E-state index contributed by atoms with van der Waals surface area (Å²) < 4.78 is 0. The predicted octanol–water partition coefficient (Wildman–Crippen LogP) is 5.27. The molecule has 1 aliphatic heterocycles. The monoisotopic (exact) mass is 412 g/mol. The molecule has 5 nitrogen and oxygen atoms in total. The third-order valence-electron chi connectivity index (χ3n) is 5.21. The van der Waals surface area contributed by atoms with Gasteiger partial charge in [0.25, 0.3) is 5.91 Å². The summed E-state index contributed by atoms with van der Waals surface area (Å²) in [6, 6.07) is 22.6. The van der Waals surface area contributed by atoms with Gasteiger partial charge < -0.3 is 0 Å². The zero-order valence-corrected chi connectivity index (χ0v) is 16.7. The van der Waals surface area contributed by atoms with Gasteiger partial charge in [0.1, 0.15) is 0 Å². The molecule has 0 bridgehead atoms. The standard InChI is InChI=1S/C24H17ClN4O/c25-19-9-5-4-8-18(19)24(30)29-23(15-21(28-29)16-6-2-1-3-7-16)17-10-11-20-22(14-17)27-13-12-26-20/h1-14,23H,15H2/t23-/m1/s1. The molecule has 5 rings (SSSR count). The smallest absolute Gasteiger partial charge is 0.267 e. The van der Waals surface area contributed by atoms with E-state index < -0.39 is 0 Å². The van der Waals surface area contributed by atoms with Crippen LogP contribution in [-0.2, 0) is 0 Å². The van der Waals surface area contributed by atoms with Crippen LogP contribution in [0.2, 0.25) is 5.02 Å². The van der Waals surface area contributed by atoms with Crippen molar-refractivity contribution in [1.82, 2.24) is 15.0 Å². The van der Waals surface area contributed by atoms with Gasteiger partial charge in [0.05, 0.1) is 33.4 Å². The lowest BCUT2D eigenvalue weighted by Gasteiger charge is -2.22. The number of fused-ring (bicyclic) bond motifs is 1. The quantitative estimate of drug-likeness (QED) is 0.460. The lowest BCUT2D eigenvalue weighted by molar-refractivity contribution is 0.0711. The second-order valence-corrected chi connectivity index (χ2v) is 7.47. The van der Waals surface area contributed by atoms with Gasteiger partial charge in [-0.25, -0.2) is 5.01 Å². The number of hydrazone groups is 1. The van der Waals surface area contributed by atoms with E-state index in [2.05, 4.69) is 9.97 Å². The number of benzene rings is 3. The molecule has 0 unspecified atom stereocenters. The van der Waals surface area contributed by atoms with Gasteiger partial charge in [-0.15, -0.1) is 0 Å². The van der Waals surface area contributed by atoms with Crippen molar-refractivity contribution in [2.24, 2.45) is 5.10 Å². The number of rotatable bonds is 3. The van der Waals surface area contributed by atoms with Crippen LogP contribution in [0.5, 0.6) is 0 Å². The van der Waals surface area contributed by atoms with Gasteiger partial charge in [0.15, 0.2) is 0 Å². The maximum Gasteiger partial charge on any atom is 0.276 e. The minimum atomic E-state index is -0.254. The Hall–Kier alpha value is -3.57. The molecule has 0 fully saturated rings. The van der Waals surface area contributed by atoms with E-state index in [9.17, 15) is 4.79 Å². The number of amides is 1. The number of carbonyl (C=O) groups excluding carboxylic acids is 1. The zero-order valence-electron chi connectivity index (χ0n) is 15.9. The number of aromatic nitrogens is 2. The van der Waals surface area contributed by atoms with Crippen LogP contribution in [0.15, 0.2) is 90.3 Å². The molecule has 0 radical (unpaired) electrons. The molecule has 0 saturated carbocycles. The van der Waals surface area contributed by atoms with Crippen molar-refractivity contribution in [2.45, 2.75) is 12.5 Å². The topological polar surface area (TPSA) is 58.5 Å². The van der Waals surface area contributed by atoms with Gasteiger partial charge in [0, 0.05) is 18.8 Å².